The Morgan fingerprint density at radius 3 is 2.91 bits per heavy atom. The van der Waals surface area contributed by atoms with Crippen LogP contribution in [0.5, 0.6) is 0 Å². The highest BCUT2D eigenvalue weighted by atomic mass is 32.1. The monoisotopic (exact) mass is 332 g/mol. The Balaban J connectivity index is 1.54. The van der Waals surface area contributed by atoms with E-state index in [4.69, 9.17) is 4.42 Å². The first-order chi connectivity index (χ1) is 11.1. The topological polar surface area (TPSA) is 72.1 Å². The molecule has 6 nitrogen and oxygen atoms in total. The molecule has 23 heavy (non-hydrogen) atoms. The van der Waals surface area contributed by atoms with Gasteiger partial charge in [0.05, 0.1) is 12.2 Å². The Bertz CT molecular complexity index is 732. The summed E-state index contributed by atoms with van der Waals surface area (Å²) in [6, 6.07) is 0. The Labute approximate surface area is 139 Å². The lowest BCUT2D eigenvalue weighted by Gasteiger charge is -2.25. The van der Waals surface area contributed by atoms with Crippen molar-refractivity contribution in [3.8, 4) is 0 Å². The number of fused-ring (bicyclic) bond motifs is 1. The molecule has 0 atom stereocenters. The molecule has 2 aromatic heterocycles. The molecule has 1 amide bonds. The molecule has 4 rings (SSSR count). The first-order valence-electron chi connectivity index (χ1n) is 8.23. The van der Waals surface area contributed by atoms with Gasteiger partial charge in [0.25, 0.3) is 5.91 Å². The first-order valence-corrected chi connectivity index (χ1v) is 9.01. The summed E-state index contributed by atoms with van der Waals surface area (Å²) in [4.78, 5) is 20.0. The molecular weight excluding hydrogens is 312 g/mol. The summed E-state index contributed by atoms with van der Waals surface area (Å²) in [5, 5.41) is 4.11. The van der Waals surface area contributed by atoms with Crippen LogP contribution in [0.2, 0.25) is 0 Å². The van der Waals surface area contributed by atoms with Gasteiger partial charge in [0, 0.05) is 18.9 Å². The van der Waals surface area contributed by atoms with Crippen molar-refractivity contribution >= 4 is 17.4 Å². The Kier molecular flexibility index (Phi) is 3.67. The SMILES string of the molecule is CC(C)c1nnsc1C(=O)N1CCc2oc(C3CCC3)nc2C1. The van der Waals surface area contributed by atoms with Crippen molar-refractivity contribution in [1.82, 2.24) is 19.5 Å². The van der Waals surface area contributed by atoms with E-state index in [2.05, 4.69) is 14.6 Å². The lowest BCUT2D eigenvalue weighted by atomic mass is 9.85. The minimum absolute atomic E-state index is 0.0162. The smallest absolute Gasteiger partial charge is 0.267 e. The van der Waals surface area contributed by atoms with Crippen molar-refractivity contribution < 1.29 is 9.21 Å². The fourth-order valence-corrected chi connectivity index (χ4v) is 3.88. The van der Waals surface area contributed by atoms with E-state index < -0.39 is 0 Å². The van der Waals surface area contributed by atoms with Crippen molar-refractivity contribution in [2.24, 2.45) is 0 Å². The van der Waals surface area contributed by atoms with Crippen LogP contribution in [0.4, 0.5) is 0 Å². The molecule has 2 aromatic rings. The van der Waals surface area contributed by atoms with Gasteiger partial charge in [0.2, 0.25) is 0 Å². The van der Waals surface area contributed by atoms with Crippen LogP contribution in [-0.4, -0.2) is 31.9 Å². The first kappa shape index (κ1) is 14.8. The van der Waals surface area contributed by atoms with E-state index in [1.807, 2.05) is 18.7 Å². The zero-order chi connectivity index (χ0) is 16.0. The third-order valence-corrected chi connectivity index (χ3v) is 5.47. The van der Waals surface area contributed by atoms with Crippen molar-refractivity contribution in [1.29, 1.82) is 0 Å². The number of carbonyl (C=O) groups excluding carboxylic acids is 1. The molecule has 1 aliphatic carbocycles. The van der Waals surface area contributed by atoms with Gasteiger partial charge >= 0.3 is 0 Å². The number of carbonyl (C=O) groups is 1. The molecule has 0 N–H and O–H groups in total. The zero-order valence-electron chi connectivity index (χ0n) is 13.4. The molecule has 0 saturated heterocycles. The molecule has 1 saturated carbocycles. The largest absolute Gasteiger partial charge is 0.445 e. The quantitative estimate of drug-likeness (QED) is 0.863. The molecule has 0 bridgehead atoms. The third-order valence-electron chi connectivity index (χ3n) is 4.74. The summed E-state index contributed by atoms with van der Waals surface area (Å²) in [6.07, 6.45) is 4.35. The average molecular weight is 332 g/mol. The Morgan fingerprint density at radius 2 is 2.22 bits per heavy atom. The van der Waals surface area contributed by atoms with Gasteiger partial charge in [-0.2, -0.15) is 0 Å². The second kappa shape index (κ2) is 5.70. The highest BCUT2D eigenvalue weighted by Gasteiger charge is 2.32. The van der Waals surface area contributed by atoms with E-state index in [-0.39, 0.29) is 11.8 Å². The minimum atomic E-state index is 0.0162. The third kappa shape index (κ3) is 2.56. The van der Waals surface area contributed by atoms with E-state index in [0.29, 0.717) is 23.9 Å². The maximum atomic E-state index is 12.8. The number of hydrogen-bond acceptors (Lipinski definition) is 6. The second-order valence-electron chi connectivity index (χ2n) is 6.67. The molecule has 0 aromatic carbocycles. The molecule has 3 heterocycles. The highest BCUT2D eigenvalue weighted by molar-refractivity contribution is 7.08. The molecule has 1 fully saturated rings. The summed E-state index contributed by atoms with van der Waals surface area (Å²) < 4.78 is 9.88. The fraction of sp³-hybridized carbons (Fsp3) is 0.625. The summed E-state index contributed by atoms with van der Waals surface area (Å²) in [5.41, 5.74) is 1.72. The molecule has 2 aliphatic rings. The number of aromatic nitrogens is 3. The van der Waals surface area contributed by atoms with Crippen LogP contribution in [0.3, 0.4) is 0 Å². The Morgan fingerprint density at radius 1 is 1.39 bits per heavy atom. The van der Waals surface area contributed by atoms with Crippen molar-refractivity contribution in [2.45, 2.75) is 57.9 Å². The second-order valence-corrected chi connectivity index (χ2v) is 7.42. The fourth-order valence-electron chi connectivity index (χ4n) is 3.09. The van der Waals surface area contributed by atoms with Gasteiger partial charge in [0.15, 0.2) is 5.89 Å². The van der Waals surface area contributed by atoms with Crippen LogP contribution in [0, 0.1) is 0 Å². The van der Waals surface area contributed by atoms with Crippen LogP contribution in [0.15, 0.2) is 4.42 Å². The van der Waals surface area contributed by atoms with E-state index in [0.717, 1.165) is 29.5 Å². The Hall–Kier alpha value is -1.76. The van der Waals surface area contributed by atoms with Gasteiger partial charge < -0.3 is 9.32 Å². The number of rotatable bonds is 3. The summed E-state index contributed by atoms with van der Waals surface area (Å²) in [6.45, 7) is 5.26. The van der Waals surface area contributed by atoms with Gasteiger partial charge in [-0.05, 0) is 30.3 Å². The van der Waals surface area contributed by atoms with Crippen molar-refractivity contribution in [3.05, 3.63) is 27.9 Å². The predicted octanol–water partition coefficient (Wildman–Crippen LogP) is 3.12. The van der Waals surface area contributed by atoms with E-state index in [1.165, 1.54) is 30.8 Å². The van der Waals surface area contributed by atoms with Gasteiger partial charge in [-0.3, -0.25) is 4.79 Å². The number of nitrogens with zero attached hydrogens (tertiary/aromatic N) is 4. The van der Waals surface area contributed by atoms with Crippen LogP contribution < -0.4 is 0 Å². The van der Waals surface area contributed by atoms with Crippen LogP contribution in [-0.2, 0) is 13.0 Å². The van der Waals surface area contributed by atoms with Gasteiger partial charge in [-0.15, -0.1) is 5.10 Å². The predicted molar refractivity (Wildman–Crippen MR) is 85.5 cm³/mol. The molecule has 0 unspecified atom stereocenters. The molecule has 1 aliphatic heterocycles. The van der Waals surface area contributed by atoms with E-state index in [1.54, 1.807) is 0 Å². The lowest BCUT2D eigenvalue weighted by molar-refractivity contribution is 0.0731. The van der Waals surface area contributed by atoms with Crippen LogP contribution >= 0.6 is 11.5 Å². The molecular formula is C16H20N4O2S. The molecule has 7 heteroatoms. The maximum Gasteiger partial charge on any atom is 0.267 e. The number of amides is 1. The molecule has 0 spiro atoms. The van der Waals surface area contributed by atoms with Gasteiger partial charge in [-0.25, -0.2) is 4.98 Å². The van der Waals surface area contributed by atoms with E-state index in [9.17, 15) is 4.79 Å². The van der Waals surface area contributed by atoms with Gasteiger partial charge in [-0.1, -0.05) is 24.8 Å². The number of oxazole rings is 1. The van der Waals surface area contributed by atoms with Gasteiger partial charge in [0.1, 0.15) is 16.3 Å². The summed E-state index contributed by atoms with van der Waals surface area (Å²) in [5.74, 6) is 2.54. The number of hydrogen-bond donors (Lipinski definition) is 0. The zero-order valence-corrected chi connectivity index (χ0v) is 14.2. The van der Waals surface area contributed by atoms with E-state index >= 15 is 0 Å². The van der Waals surface area contributed by atoms with Crippen LogP contribution in [0.25, 0.3) is 0 Å². The summed E-state index contributed by atoms with van der Waals surface area (Å²) >= 11 is 1.19. The molecule has 0 radical (unpaired) electrons. The standard InChI is InChI=1S/C16H20N4O2S/c1-9(2)13-14(23-19-18-13)16(21)20-7-6-12-11(8-20)17-15(22-12)10-4-3-5-10/h9-10H,3-8H2,1-2H3. The van der Waals surface area contributed by atoms with Crippen molar-refractivity contribution in [3.63, 3.8) is 0 Å². The molecule has 122 valence electrons. The van der Waals surface area contributed by atoms with Crippen molar-refractivity contribution in [2.75, 3.05) is 6.54 Å². The normalized spacial score (nSPS) is 18.1. The minimum Gasteiger partial charge on any atom is -0.445 e. The maximum absolute atomic E-state index is 12.8. The lowest BCUT2D eigenvalue weighted by Crippen LogP contribution is -2.36. The average Bonchev–Trinajstić information content (AvgIpc) is 3.10. The highest BCUT2D eigenvalue weighted by Crippen LogP contribution is 2.37. The van der Waals surface area contributed by atoms with Crippen LogP contribution in [0.1, 0.15) is 77.7 Å². The summed E-state index contributed by atoms with van der Waals surface area (Å²) in [7, 11) is 0.